The summed E-state index contributed by atoms with van der Waals surface area (Å²) in [4.78, 5) is 3.15. The first-order valence-electron chi connectivity index (χ1n) is 4.94. The lowest BCUT2D eigenvalue weighted by Crippen LogP contribution is -1.96. The zero-order valence-corrected chi connectivity index (χ0v) is 9.13. The van der Waals surface area contributed by atoms with E-state index in [9.17, 15) is 0 Å². The lowest BCUT2D eigenvalue weighted by atomic mass is 9.99. The Morgan fingerprint density at radius 2 is 1.83 bits per heavy atom. The van der Waals surface area contributed by atoms with Gasteiger partial charge >= 0.3 is 0 Å². The van der Waals surface area contributed by atoms with Gasteiger partial charge in [0, 0.05) is 9.75 Å². The molecule has 1 aliphatic carbocycles. The molecule has 1 heterocycles. The van der Waals surface area contributed by atoms with Crippen molar-refractivity contribution in [2.24, 2.45) is 0 Å². The zero-order valence-electron chi connectivity index (χ0n) is 8.31. The number of aryl methyl sites for hydroxylation is 3. The van der Waals surface area contributed by atoms with E-state index in [4.69, 9.17) is 0 Å². The Bertz CT molecular complexity index is 212. The Balaban J connectivity index is 0.000000336. The van der Waals surface area contributed by atoms with Crippen LogP contribution in [0.2, 0.25) is 0 Å². The van der Waals surface area contributed by atoms with Crippen LogP contribution in [-0.2, 0) is 12.8 Å². The smallest absolute Gasteiger partial charge is 0.00800 e. The highest BCUT2D eigenvalue weighted by Gasteiger charge is 2.10. The van der Waals surface area contributed by atoms with Crippen molar-refractivity contribution in [3.63, 3.8) is 0 Å². The molecule has 0 aliphatic heterocycles. The van der Waals surface area contributed by atoms with Crippen molar-refractivity contribution in [1.82, 2.24) is 0 Å². The van der Waals surface area contributed by atoms with Crippen LogP contribution in [0.5, 0.6) is 0 Å². The third kappa shape index (κ3) is 2.10. The van der Waals surface area contributed by atoms with Gasteiger partial charge in [0.25, 0.3) is 0 Å². The van der Waals surface area contributed by atoms with E-state index in [-0.39, 0.29) is 0 Å². The van der Waals surface area contributed by atoms with Gasteiger partial charge in [0.2, 0.25) is 0 Å². The second-order valence-electron chi connectivity index (χ2n) is 3.01. The van der Waals surface area contributed by atoms with Crippen LogP contribution in [0.1, 0.15) is 42.0 Å². The largest absolute Gasteiger partial charge is 0.145 e. The first kappa shape index (κ1) is 9.79. The molecule has 0 amide bonds. The van der Waals surface area contributed by atoms with Gasteiger partial charge in [-0.1, -0.05) is 13.8 Å². The molecule has 1 heteroatoms. The zero-order chi connectivity index (χ0) is 8.97. The Labute approximate surface area is 79.6 Å². The third-order valence-electron chi connectivity index (χ3n) is 2.12. The van der Waals surface area contributed by atoms with Gasteiger partial charge in [0.1, 0.15) is 0 Å². The Kier molecular flexibility index (Phi) is 3.80. The molecule has 0 atom stereocenters. The Morgan fingerprint density at radius 3 is 2.50 bits per heavy atom. The fourth-order valence-corrected chi connectivity index (χ4v) is 2.77. The quantitative estimate of drug-likeness (QED) is 0.569. The average molecular weight is 182 g/mol. The van der Waals surface area contributed by atoms with Crippen LogP contribution in [-0.4, -0.2) is 0 Å². The van der Waals surface area contributed by atoms with Crippen LogP contribution in [0.3, 0.4) is 0 Å². The SMILES string of the molecule is CC.Cc1cc2c(s1)CCCC2. The molecule has 0 spiro atoms. The minimum Gasteiger partial charge on any atom is -0.145 e. The van der Waals surface area contributed by atoms with Crippen LogP contribution < -0.4 is 0 Å². The molecule has 0 bridgehead atoms. The van der Waals surface area contributed by atoms with Crippen molar-refractivity contribution in [3.8, 4) is 0 Å². The molecule has 0 saturated heterocycles. The van der Waals surface area contributed by atoms with Gasteiger partial charge in [-0.15, -0.1) is 11.3 Å². The van der Waals surface area contributed by atoms with E-state index >= 15 is 0 Å². The number of hydrogen-bond acceptors (Lipinski definition) is 1. The van der Waals surface area contributed by atoms with Gasteiger partial charge in [-0.25, -0.2) is 0 Å². The molecule has 68 valence electrons. The van der Waals surface area contributed by atoms with Crippen LogP contribution >= 0.6 is 11.3 Å². The molecule has 0 saturated carbocycles. The lowest BCUT2D eigenvalue weighted by molar-refractivity contribution is 0.697. The molecule has 12 heavy (non-hydrogen) atoms. The van der Waals surface area contributed by atoms with Crippen LogP contribution in [0.25, 0.3) is 0 Å². The predicted octanol–water partition coefficient (Wildman–Crippen LogP) is 3.96. The predicted molar refractivity (Wildman–Crippen MR) is 57.0 cm³/mol. The molecule has 2 rings (SSSR count). The summed E-state index contributed by atoms with van der Waals surface area (Å²) < 4.78 is 0. The molecule has 0 N–H and O–H groups in total. The fourth-order valence-electron chi connectivity index (χ4n) is 1.64. The van der Waals surface area contributed by atoms with E-state index in [1.807, 2.05) is 25.2 Å². The standard InChI is InChI=1S/C9H12S.C2H6/c1-7-6-8-4-2-3-5-9(8)10-7;1-2/h6H,2-5H2,1H3;1-2H3. The van der Waals surface area contributed by atoms with Crippen LogP contribution in [0.4, 0.5) is 0 Å². The van der Waals surface area contributed by atoms with Crippen molar-refractivity contribution in [1.29, 1.82) is 0 Å². The van der Waals surface area contributed by atoms with Gasteiger partial charge in [-0.2, -0.15) is 0 Å². The van der Waals surface area contributed by atoms with Crippen molar-refractivity contribution >= 4 is 11.3 Å². The molecular weight excluding hydrogens is 164 g/mol. The molecule has 0 unspecified atom stereocenters. The Morgan fingerprint density at radius 1 is 1.17 bits per heavy atom. The second kappa shape index (κ2) is 4.66. The maximum atomic E-state index is 2.36. The van der Waals surface area contributed by atoms with Gasteiger partial charge in [-0.3, -0.25) is 0 Å². The average Bonchev–Trinajstić information content (AvgIpc) is 2.48. The van der Waals surface area contributed by atoms with E-state index in [1.165, 1.54) is 30.6 Å². The van der Waals surface area contributed by atoms with Crippen molar-refractivity contribution in [2.75, 3.05) is 0 Å². The first-order valence-corrected chi connectivity index (χ1v) is 5.76. The van der Waals surface area contributed by atoms with Gasteiger partial charge < -0.3 is 0 Å². The highest BCUT2D eigenvalue weighted by molar-refractivity contribution is 7.12. The van der Waals surface area contributed by atoms with Crippen molar-refractivity contribution < 1.29 is 0 Å². The fraction of sp³-hybridized carbons (Fsp3) is 0.636. The first-order chi connectivity index (χ1) is 5.86. The van der Waals surface area contributed by atoms with Crippen molar-refractivity contribution in [2.45, 2.75) is 46.5 Å². The Hall–Kier alpha value is -0.300. The molecule has 0 nitrogen and oxygen atoms in total. The lowest BCUT2D eigenvalue weighted by Gasteiger charge is -2.08. The van der Waals surface area contributed by atoms with Gasteiger partial charge in [0.05, 0.1) is 0 Å². The minimum absolute atomic E-state index is 1.33. The molecule has 1 aromatic heterocycles. The molecule has 0 fully saturated rings. The number of rotatable bonds is 0. The molecule has 0 radical (unpaired) electrons. The van der Waals surface area contributed by atoms with Gasteiger partial charge in [-0.05, 0) is 44.2 Å². The van der Waals surface area contributed by atoms with Gasteiger partial charge in [0.15, 0.2) is 0 Å². The molecule has 0 aromatic carbocycles. The summed E-state index contributed by atoms with van der Waals surface area (Å²) in [6.45, 7) is 6.21. The maximum Gasteiger partial charge on any atom is 0.00800 e. The van der Waals surface area contributed by atoms with E-state index in [0.717, 1.165) is 0 Å². The van der Waals surface area contributed by atoms with E-state index < -0.39 is 0 Å². The number of hydrogen-bond donors (Lipinski definition) is 0. The van der Waals surface area contributed by atoms with E-state index in [0.29, 0.717) is 0 Å². The normalized spacial score (nSPS) is 14.6. The summed E-state index contributed by atoms with van der Waals surface area (Å²) in [5.41, 5.74) is 1.63. The topological polar surface area (TPSA) is 0 Å². The summed E-state index contributed by atoms with van der Waals surface area (Å²) in [5, 5.41) is 0. The number of fused-ring (bicyclic) bond motifs is 1. The van der Waals surface area contributed by atoms with Crippen LogP contribution in [0.15, 0.2) is 6.07 Å². The number of thiophene rings is 1. The van der Waals surface area contributed by atoms with Crippen molar-refractivity contribution in [3.05, 3.63) is 21.4 Å². The summed E-state index contributed by atoms with van der Waals surface area (Å²) in [5.74, 6) is 0. The summed E-state index contributed by atoms with van der Waals surface area (Å²) >= 11 is 1.99. The van der Waals surface area contributed by atoms with Crippen LogP contribution in [0, 0.1) is 6.92 Å². The monoisotopic (exact) mass is 182 g/mol. The second-order valence-corrected chi connectivity index (χ2v) is 4.35. The maximum absolute atomic E-state index is 2.36. The van der Waals surface area contributed by atoms with E-state index in [2.05, 4.69) is 13.0 Å². The van der Waals surface area contributed by atoms with E-state index in [1.54, 1.807) is 10.4 Å². The highest BCUT2D eigenvalue weighted by Crippen LogP contribution is 2.28. The highest BCUT2D eigenvalue weighted by atomic mass is 32.1. The minimum atomic E-state index is 1.33. The third-order valence-corrected chi connectivity index (χ3v) is 3.27. The summed E-state index contributed by atoms with van der Waals surface area (Å²) in [6, 6.07) is 2.36. The summed E-state index contributed by atoms with van der Waals surface area (Å²) in [7, 11) is 0. The summed E-state index contributed by atoms with van der Waals surface area (Å²) in [6.07, 6.45) is 5.49. The molecule has 1 aromatic rings. The molecular formula is C11H18S. The molecule has 1 aliphatic rings.